The summed E-state index contributed by atoms with van der Waals surface area (Å²) in [6.07, 6.45) is -0.0779. The van der Waals surface area contributed by atoms with Crippen molar-refractivity contribution in [1.29, 1.82) is 0 Å². The third kappa shape index (κ3) is 2.42. The number of imidazole rings is 1. The lowest BCUT2D eigenvalue weighted by Crippen LogP contribution is -2.22. The molecule has 0 bridgehead atoms. The fourth-order valence-electron chi connectivity index (χ4n) is 1.19. The summed E-state index contributed by atoms with van der Waals surface area (Å²) in [6.45, 7) is 2.04. The summed E-state index contributed by atoms with van der Waals surface area (Å²) in [5, 5.41) is 21.0. The molecule has 0 aliphatic carbocycles. The van der Waals surface area contributed by atoms with Gasteiger partial charge in [-0.25, -0.2) is 14.3 Å². The Hall–Kier alpha value is -2.12. The van der Waals surface area contributed by atoms with Crippen LogP contribution in [0.3, 0.4) is 0 Å². The second kappa shape index (κ2) is 4.40. The number of carboxylic acid groups (broad SMARTS) is 1. The summed E-state index contributed by atoms with van der Waals surface area (Å²) in [4.78, 5) is 24.0. The number of nitro groups is 1. The molecule has 0 unspecified atom stereocenters. The van der Waals surface area contributed by atoms with Gasteiger partial charge in [-0.15, -0.1) is 0 Å². The van der Waals surface area contributed by atoms with Crippen LogP contribution in [0.4, 0.5) is 10.6 Å². The molecule has 0 radical (unpaired) electrons. The molecule has 1 heterocycles. The third-order valence-electron chi connectivity index (χ3n) is 1.82. The quantitative estimate of drug-likeness (QED) is 0.562. The normalized spacial score (nSPS) is 9.93. The van der Waals surface area contributed by atoms with Crippen LogP contribution in [-0.2, 0) is 13.1 Å². The van der Waals surface area contributed by atoms with Gasteiger partial charge in [0.1, 0.15) is 12.7 Å². The molecule has 1 aromatic heterocycles. The monoisotopic (exact) mass is 214 g/mol. The summed E-state index contributed by atoms with van der Waals surface area (Å²) >= 11 is 0. The Labute approximate surface area is 84.7 Å². The van der Waals surface area contributed by atoms with Gasteiger partial charge < -0.3 is 20.5 Å². The van der Waals surface area contributed by atoms with Crippen LogP contribution in [0.15, 0.2) is 6.20 Å². The number of aromatic nitrogens is 2. The van der Waals surface area contributed by atoms with Gasteiger partial charge in [0, 0.05) is 0 Å². The Morgan fingerprint density at radius 1 is 1.80 bits per heavy atom. The molecule has 82 valence electrons. The van der Waals surface area contributed by atoms with Crippen molar-refractivity contribution in [2.24, 2.45) is 0 Å². The topological polar surface area (TPSA) is 110 Å². The molecule has 15 heavy (non-hydrogen) atoms. The Morgan fingerprint density at radius 3 is 2.93 bits per heavy atom. The van der Waals surface area contributed by atoms with E-state index in [4.69, 9.17) is 5.11 Å². The van der Waals surface area contributed by atoms with Crippen molar-refractivity contribution in [1.82, 2.24) is 14.9 Å². The Kier molecular flexibility index (Phi) is 3.21. The number of nitrogens with zero attached hydrogens (tertiary/aromatic N) is 3. The van der Waals surface area contributed by atoms with E-state index in [0.717, 1.165) is 6.20 Å². The van der Waals surface area contributed by atoms with Gasteiger partial charge in [0.25, 0.3) is 0 Å². The predicted octanol–water partition coefficient (Wildman–Crippen LogP) is 0.579. The molecule has 1 rings (SSSR count). The highest BCUT2D eigenvalue weighted by Crippen LogP contribution is 2.13. The molecule has 0 atom stereocenters. The van der Waals surface area contributed by atoms with Crippen molar-refractivity contribution >= 4 is 11.9 Å². The van der Waals surface area contributed by atoms with Crippen LogP contribution in [-0.4, -0.2) is 25.7 Å². The molecule has 0 spiro atoms. The van der Waals surface area contributed by atoms with Gasteiger partial charge in [0.05, 0.1) is 6.54 Å². The smallest absolute Gasteiger partial charge is 0.405 e. The molecular formula is C7H10N4O4. The minimum atomic E-state index is -1.19. The molecule has 8 heteroatoms. The second-order valence-electron chi connectivity index (χ2n) is 2.69. The van der Waals surface area contributed by atoms with Crippen molar-refractivity contribution in [2.75, 3.05) is 0 Å². The van der Waals surface area contributed by atoms with E-state index in [9.17, 15) is 14.9 Å². The number of hydrogen-bond donors (Lipinski definition) is 2. The zero-order chi connectivity index (χ0) is 11.4. The Morgan fingerprint density at radius 2 is 2.47 bits per heavy atom. The van der Waals surface area contributed by atoms with Crippen LogP contribution < -0.4 is 5.32 Å². The van der Waals surface area contributed by atoms with Crippen LogP contribution >= 0.6 is 0 Å². The molecule has 1 amide bonds. The number of carbonyl (C=O) groups is 1. The zero-order valence-corrected chi connectivity index (χ0v) is 8.01. The van der Waals surface area contributed by atoms with Crippen LogP contribution in [0.5, 0.6) is 0 Å². The summed E-state index contributed by atoms with van der Waals surface area (Å²) in [5.41, 5.74) is 0. The van der Waals surface area contributed by atoms with E-state index in [1.807, 2.05) is 0 Å². The zero-order valence-electron chi connectivity index (χ0n) is 8.01. The number of rotatable bonds is 4. The van der Waals surface area contributed by atoms with E-state index in [0.29, 0.717) is 12.4 Å². The lowest BCUT2D eigenvalue weighted by atomic mass is 10.5. The minimum absolute atomic E-state index is 0.0446. The molecule has 8 nitrogen and oxygen atoms in total. The fourth-order valence-corrected chi connectivity index (χ4v) is 1.19. The summed E-state index contributed by atoms with van der Waals surface area (Å²) in [6, 6.07) is 0. The summed E-state index contributed by atoms with van der Waals surface area (Å²) < 4.78 is 1.34. The average molecular weight is 214 g/mol. The maximum Gasteiger partial charge on any atom is 0.405 e. The van der Waals surface area contributed by atoms with Crippen molar-refractivity contribution in [3.8, 4) is 0 Å². The lowest BCUT2D eigenvalue weighted by molar-refractivity contribution is -0.392. The van der Waals surface area contributed by atoms with E-state index in [2.05, 4.69) is 10.3 Å². The van der Waals surface area contributed by atoms with E-state index in [1.165, 1.54) is 4.57 Å². The van der Waals surface area contributed by atoms with Gasteiger partial charge in [0.15, 0.2) is 0 Å². The number of amides is 1. The van der Waals surface area contributed by atoms with Gasteiger partial charge in [-0.1, -0.05) is 0 Å². The van der Waals surface area contributed by atoms with E-state index in [1.54, 1.807) is 6.92 Å². The number of hydrogen-bond acceptors (Lipinski definition) is 4. The van der Waals surface area contributed by atoms with Gasteiger partial charge in [-0.2, -0.15) is 0 Å². The largest absolute Gasteiger partial charge is 0.465 e. The molecule has 2 N–H and O–H groups in total. The maximum absolute atomic E-state index is 10.5. The molecule has 0 aromatic carbocycles. The molecule has 0 aliphatic rings. The van der Waals surface area contributed by atoms with Crippen LogP contribution in [0.25, 0.3) is 0 Å². The van der Waals surface area contributed by atoms with Gasteiger partial charge >= 0.3 is 11.9 Å². The lowest BCUT2D eigenvalue weighted by Gasteiger charge is -2.01. The first kappa shape index (κ1) is 11.0. The SMILES string of the molecule is CCn1c([N+](=O)[O-])cnc1CNC(=O)O. The first-order valence-electron chi connectivity index (χ1n) is 4.21. The average Bonchev–Trinajstić information content (AvgIpc) is 2.57. The van der Waals surface area contributed by atoms with Crippen molar-refractivity contribution in [2.45, 2.75) is 20.0 Å². The highest BCUT2D eigenvalue weighted by atomic mass is 16.6. The minimum Gasteiger partial charge on any atom is -0.465 e. The van der Waals surface area contributed by atoms with Gasteiger partial charge in [-0.3, -0.25) is 0 Å². The van der Waals surface area contributed by atoms with Crippen LogP contribution in [0.1, 0.15) is 12.7 Å². The molecule has 0 fully saturated rings. The van der Waals surface area contributed by atoms with E-state index >= 15 is 0 Å². The van der Waals surface area contributed by atoms with Crippen molar-refractivity contribution < 1.29 is 14.8 Å². The maximum atomic E-state index is 10.5. The van der Waals surface area contributed by atoms with Crippen LogP contribution in [0.2, 0.25) is 0 Å². The molecule has 0 saturated carbocycles. The van der Waals surface area contributed by atoms with Crippen LogP contribution in [0, 0.1) is 10.1 Å². The van der Waals surface area contributed by atoms with E-state index < -0.39 is 11.0 Å². The second-order valence-corrected chi connectivity index (χ2v) is 2.69. The first-order chi connectivity index (χ1) is 7.06. The standard InChI is InChI=1S/C7H10N4O4/c1-2-10-5(3-9-7(12)13)8-4-6(10)11(14)15/h4,9H,2-3H2,1H3,(H,12,13). The summed E-state index contributed by atoms with van der Waals surface area (Å²) in [7, 11) is 0. The molecular weight excluding hydrogens is 204 g/mol. The van der Waals surface area contributed by atoms with Crippen molar-refractivity contribution in [3.63, 3.8) is 0 Å². The van der Waals surface area contributed by atoms with Crippen molar-refractivity contribution in [3.05, 3.63) is 22.1 Å². The first-order valence-corrected chi connectivity index (χ1v) is 4.21. The molecule has 0 saturated heterocycles. The Bertz CT molecular complexity index is 386. The molecule has 0 aliphatic heterocycles. The predicted molar refractivity (Wildman–Crippen MR) is 49.4 cm³/mol. The van der Waals surface area contributed by atoms with Gasteiger partial charge in [0.2, 0.25) is 5.82 Å². The summed E-state index contributed by atoms with van der Waals surface area (Å²) in [5.74, 6) is 0.186. The third-order valence-corrected chi connectivity index (χ3v) is 1.82. The number of nitrogens with one attached hydrogen (secondary N) is 1. The van der Waals surface area contributed by atoms with Gasteiger partial charge in [-0.05, 0) is 11.8 Å². The fraction of sp³-hybridized carbons (Fsp3) is 0.429. The molecule has 1 aromatic rings. The highest BCUT2D eigenvalue weighted by molar-refractivity contribution is 5.64. The van der Waals surface area contributed by atoms with E-state index in [-0.39, 0.29) is 12.4 Å². The Balaban J connectivity index is 2.89. The highest BCUT2D eigenvalue weighted by Gasteiger charge is 2.18.